The molecule has 4 heteroatoms. The van der Waals surface area contributed by atoms with Gasteiger partial charge in [0, 0.05) is 5.56 Å². The van der Waals surface area contributed by atoms with Crippen molar-refractivity contribution in [3.8, 4) is 11.3 Å². The summed E-state index contributed by atoms with van der Waals surface area (Å²) in [7, 11) is 0. The van der Waals surface area contributed by atoms with E-state index in [0.717, 1.165) is 27.8 Å². The Morgan fingerprint density at radius 2 is 1.95 bits per heavy atom. The standard InChI is InChI=1S/C15H17N3S/c1-5-13-17-18-11(4)14(16-15(18)19-13)12-7-6-9(2)10(3)8-12/h6-8H,5H2,1-4H3. The quantitative estimate of drug-likeness (QED) is 0.706. The van der Waals surface area contributed by atoms with Crippen LogP contribution in [0.2, 0.25) is 0 Å². The Bertz CT molecular complexity index is 752. The van der Waals surface area contributed by atoms with Crippen LogP contribution in [0, 0.1) is 20.8 Å². The summed E-state index contributed by atoms with van der Waals surface area (Å²) < 4.78 is 1.97. The van der Waals surface area contributed by atoms with E-state index < -0.39 is 0 Å². The lowest BCUT2D eigenvalue weighted by molar-refractivity contribution is 0.882. The van der Waals surface area contributed by atoms with E-state index in [1.165, 1.54) is 16.7 Å². The van der Waals surface area contributed by atoms with E-state index in [9.17, 15) is 0 Å². The largest absolute Gasteiger partial charge is 0.217 e. The molecule has 0 radical (unpaired) electrons. The minimum Gasteiger partial charge on any atom is -0.217 e. The van der Waals surface area contributed by atoms with Crippen molar-refractivity contribution >= 4 is 16.3 Å². The van der Waals surface area contributed by atoms with Crippen LogP contribution in [0.4, 0.5) is 0 Å². The fourth-order valence-corrected chi connectivity index (χ4v) is 3.07. The van der Waals surface area contributed by atoms with E-state index in [1.54, 1.807) is 11.3 Å². The van der Waals surface area contributed by atoms with Gasteiger partial charge in [-0.15, -0.1) is 0 Å². The molecule has 0 aliphatic heterocycles. The van der Waals surface area contributed by atoms with Gasteiger partial charge in [0.25, 0.3) is 0 Å². The molecule has 3 rings (SSSR count). The van der Waals surface area contributed by atoms with Crippen molar-refractivity contribution in [3.05, 3.63) is 40.0 Å². The van der Waals surface area contributed by atoms with Gasteiger partial charge in [-0.3, -0.25) is 0 Å². The number of aromatic nitrogens is 3. The summed E-state index contributed by atoms with van der Waals surface area (Å²) in [6, 6.07) is 6.50. The highest BCUT2D eigenvalue weighted by Crippen LogP contribution is 2.27. The van der Waals surface area contributed by atoms with Crippen LogP contribution in [0.15, 0.2) is 18.2 Å². The topological polar surface area (TPSA) is 30.2 Å². The SMILES string of the molecule is CCc1nn2c(C)c(-c3ccc(C)c(C)c3)nc2s1. The van der Waals surface area contributed by atoms with Crippen molar-refractivity contribution in [2.24, 2.45) is 0 Å². The molecule has 98 valence electrons. The monoisotopic (exact) mass is 271 g/mol. The first-order valence-corrected chi connectivity index (χ1v) is 7.34. The molecule has 0 aliphatic rings. The molecule has 19 heavy (non-hydrogen) atoms. The second kappa shape index (κ2) is 4.46. The molecular formula is C15H17N3S. The average molecular weight is 271 g/mol. The lowest BCUT2D eigenvalue weighted by Gasteiger charge is -2.03. The van der Waals surface area contributed by atoms with Crippen molar-refractivity contribution in [3.63, 3.8) is 0 Å². The van der Waals surface area contributed by atoms with Crippen LogP contribution < -0.4 is 0 Å². The molecule has 0 saturated carbocycles. The Balaban J connectivity index is 2.16. The highest BCUT2D eigenvalue weighted by molar-refractivity contribution is 7.16. The minimum absolute atomic E-state index is 0.965. The van der Waals surface area contributed by atoms with Crippen molar-refractivity contribution in [2.75, 3.05) is 0 Å². The van der Waals surface area contributed by atoms with Crippen LogP contribution in [-0.2, 0) is 6.42 Å². The molecule has 0 fully saturated rings. The maximum Gasteiger partial charge on any atom is 0.212 e. The molecule has 0 aliphatic carbocycles. The number of fused-ring (bicyclic) bond motifs is 1. The van der Waals surface area contributed by atoms with E-state index in [2.05, 4.69) is 51.0 Å². The maximum atomic E-state index is 4.74. The summed E-state index contributed by atoms with van der Waals surface area (Å²) in [6.07, 6.45) is 0.965. The summed E-state index contributed by atoms with van der Waals surface area (Å²) in [5.41, 5.74) is 5.96. The Morgan fingerprint density at radius 1 is 1.16 bits per heavy atom. The third-order valence-corrected chi connectivity index (χ3v) is 4.61. The van der Waals surface area contributed by atoms with Crippen LogP contribution in [0.5, 0.6) is 0 Å². The highest BCUT2D eigenvalue weighted by Gasteiger charge is 2.14. The lowest BCUT2D eigenvalue weighted by Crippen LogP contribution is -1.91. The number of hydrogen-bond acceptors (Lipinski definition) is 3. The molecule has 3 aromatic rings. The Hall–Kier alpha value is -1.68. The molecule has 0 N–H and O–H groups in total. The van der Waals surface area contributed by atoms with Crippen LogP contribution in [0.1, 0.15) is 28.8 Å². The number of rotatable bonds is 2. The van der Waals surface area contributed by atoms with Gasteiger partial charge in [0.05, 0.1) is 11.4 Å². The zero-order valence-corrected chi connectivity index (χ0v) is 12.5. The van der Waals surface area contributed by atoms with Gasteiger partial charge in [-0.05, 0) is 44.4 Å². The first-order valence-electron chi connectivity index (χ1n) is 6.52. The normalized spacial score (nSPS) is 11.4. The van der Waals surface area contributed by atoms with Crippen LogP contribution in [0.25, 0.3) is 16.2 Å². The summed E-state index contributed by atoms with van der Waals surface area (Å²) in [4.78, 5) is 5.73. The molecule has 2 heterocycles. The Morgan fingerprint density at radius 3 is 2.58 bits per heavy atom. The number of nitrogens with zero attached hydrogens (tertiary/aromatic N) is 3. The number of hydrogen-bond donors (Lipinski definition) is 0. The summed E-state index contributed by atoms with van der Waals surface area (Å²) in [6.45, 7) is 8.48. The van der Waals surface area contributed by atoms with Gasteiger partial charge in [-0.2, -0.15) is 5.10 Å². The molecular weight excluding hydrogens is 254 g/mol. The zero-order valence-electron chi connectivity index (χ0n) is 11.7. The van der Waals surface area contributed by atoms with Gasteiger partial charge in [0.2, 0.25) is 4.96 Å². The first kappa shape index (κ1) is 12.4. The average Bonchev–Trinajstić information content (AvgIpc) is 2.93. The molecule has 0 atom stereocenters. The predicted octanol–water partition coefficient (Wildman–Crippen LogP) is 3.95. The second-order valence-corrected chi connectivity index (χ2v) is 5.93. The van der Waals surface area contributed by atoms with Gasteiger partial charge in [-0.25, -0.2) is 9.50 Å². The van der Waals surface area contributed by atoms with E-state index >= 15 is 0 Å². The summed E-state index contributed by atoms with van der Waals surface area (Å²) in [5, 5.41) is 5.73. The van der Waals surface area contributed by atoms with E-state index in [4.69, 9.17) is 4.98 Å². The molecule has 3 nitrogen and oxygen atoms in total. The third-order valence-electron chi connectivity index (χ3n) is 3.55. The van der Waals surface area contributed by atoms with Crippen molar-refractivity contribution < 1.29 is 0 Å². The van der Waals surface area contributed by atoms with Gasteiger partial charge in [0.1, 0.15) is 5.01 Å². The molecule has 0 spiro atoms. The minimum atomic E-state index is 0.965. The Kier molecular flexibility index (Phi) is 2.90. The van der Waals surface area contributed by atoms with Crippen molar-refractivity contribution in [1.29, 1.82) is 0 Å². The number of imidazole rings is 1. The van der Waals surface area contributed by atoms with E-state index in [1.807, 2.05) is 4.52 Å². The summed E-state index contributed by atoms with van der Waals surface area (Å²) in [5.74, 6) is 0. The van der Waals surface area contributed by atoms with Gasteiger partial charge < -0.3 is 0 Å². The zero-order chi connectivity index (χ0) is 13.6. The van der Waals surface area contributed by atoms with Crippen LogP contribution in [-0.4, -0.2) is 14.6 Å². The van der Waals surface area contributed by atoms with Gasteiger partial charge in [0.15, 0.2) is 0 Å². The molecule has 0 saturated heterocycles. The van der Waals surface area contributed by atoms with Crippen LogP contribution in [0.3, 0.4) is 0 Å². The van der Waals surface area contributed by atoms with E-state index in [0.29, 0.717) is 0 Å². The predicted molar refractivity (Wildman–Crippen MR) is 79.9 cm³/mol. The van der Waals surface area contributed by atoms with Crippen LogP contribution >= 0.6 is 11.3 Å². The fourth-order valence-electron chi connectivity index (χ4n) is 2.19. The van der Waals surface area contributed by atoms with Crippen molar-refractivity contribution in [2.45, 2.75) is 34.1 Å². The molecule has 0 bridgehead atoms. The van der Waals surface area contributed by atoms with Crippen molar-refractivity contribution in [1.82, 2.24) is 14.6 Å². The van der Waals surface area contributed by atoms with E-state index in [-0.39, 0.29) is 0 Å². The Labute approximate surface area is 116 Å². The maximum absolute atomic E-state index is 4.74. The van der Waals surface area contributed by atoms with Gasteiger partial charge >= 0.3 is 0 Å². The molecule has 0 amide bonds. The smallest absolute Gasteiger partial charge is 0.212 e. The highest BCUT2D eigenvalue weighted by atomic mass is 32.1. The first-order chi connectivity index (χ1) is 9.10. The van der Waals surface area contributed by atoms with Gasteiger partial charge in [-0.1, -0.05) is 30.4 Å². The summed E-state index contributed by atoms with van der Waals surface area (Å²) >= 11 is 1.68. The number of benzene rings is 1. The third kappa shape index (κ3) is 1.96. The molecule has 1 aromatic carbocycles. The second-order valence-electron chi connectivity index (χ2n) is 4.89. The number of aryl methyl sites for hydroxylation is 4. The fraction of sp³-hybridized carbons (Fsp3) is 0.333. The molecule has 0 unspecified atom stereocenters. The lowest BCUT2D eigenvalue weighted by atomic mass is 10.0. The molecule has 2 aromatic heterocycles.